The summed E-state index contributed by atoms with van der Waals surface area (Å²) in [6.45, 7) is 4.51. The van der Waals surface area contributed by atoms with Crippen LogP contribution in [0.1, 0.15) is 48.0 Å². The van der Waals surface area contributed by atoms with Crippen LogP contribution in [0, 0.1) is 6.92 Å². The molecule has 1 aliphatic heterocycles. The van der Waals surface area contributed by atoms with Crippen LogP contribution in [-0.4, -0.2) is 68.8 Å². The Balaban J connectivity index is 0.00000361. The molecule has 1 amide bonds. The number of aromatic nitrogens is 1. The second kappa shape index (κ2) is 12.5. The Bertz CT molecular complexity index is 1270. The molecule has 3 aromatic rings. The van der Waals surface area contributed by atoms with Crippen molar-refractivity contribution in [2.75, 3.05) is 45.2 Å². The Kier molecular flexibility index (Phi) is 9.88. The van der Waals surface area contributed by atoms with Crippen molar-refractivity contribution in [1.82, 2.24) is 14.2 Å². The summed E-state index contributed by atoms with van der Waals surface area (Å²) in [4.78, 5) is 22.5. The van der Waals surface area contributed by atoms with E-state index in [1.807, 2.05) is 39.2 Å². The van der Waals surface area contributed by atoms with E-state index in [0.29, 0.717) is 30.3 Å². The zero-order valence-corrected chi connectivity index (χ0v) is 23.6. The number of carbonyl (C=O) groups excluding carboxylic acids is 1. The Morgan fingerprint density at radius 1 is 1.00 bits per heavy atom. The van der Waals surface area contributed by atoms with Crippen LogP contribution in [0.4, 0.5) is 5.13 Å². The minimum atomic E-state index is -3.55. The zero-order valence-electron chi connectivity index (χ0n) is 21.1. The van der Waals surface area contributed by atoms with Crippen molar-refractivity contribution in [2.45, 2.75) is 43.9 Å². The van der Waals surface area contributed by atoms with Gasteiger partial charge >= 0.3 is 0 Å². The second-order valence-electron chi connectivity index (χ2n) is 9.37. The molecule has 4 rings (SSSR count). The molecule has 1 aromatic heterocycles. The first-order chi connectivity index (χ1) is 16.8. The van der Waals surface area contributed by atoms with Crippen molar-refractivity contribution in [1.29, 1.82) is 0 Å². The SMILES string of the molecule is Cc1cccc2sc(N(CCCN(C)C)C(=O)c3ccc(S(=O)(=O)N4CCCCCC4)cc3)nc12.Cl. The molecular formula is C26H35ClN4O3S2. The van der Waals surface area contributed by atoms with E-state index >= 15 is 0 Å². The molecule has 0 atom stereocenters. The normalized spacial score (nSPS) is 15.0. The van der Waals surface area contributed by atoms with Crippen LogP contribution in [0.3, 0.4) is 0 Å². The number of hydrogen-bond acceptors (Lipinski definition) is 6. The standard InChI is InChI=1S/C26H34N4O3S2.ClH/c1-20-10-8-11-23-24(20)27-26(34-23)30(19-9-16-28(2)3)25(31)21-12-14-22(15-13-21)35(32,33)29-17-6-4-5-7-18-29;/h8,10-15H,4-7,9,16-19H2,1-3H3;1H. The first kappa shape index (κ1) is 28.5. The van der Waals surface area contributed by atoms with Crippen molar-refractivity contribution >= 4 is 55.0 Å². The molecule has 0 saturated carbocycles. The lowest BCUT2D eigenvalue weighted by Crippen LogP contribution is -2.34. The van der Waals surface area contributed by atoms with Gasteiger partial charge in [-0.05, 0) is 82.7 Å². The number of para-hydroxylation sites is 1. The van der Waals surface area contributed by atoms with E-state index in [1.54, 1.807) is 33.5 Å². The van der Waals surface area contributed by atoms with Gasteiger partial charge in [-0.25, -0.2) is 13.4 Å². The van der Waals surface area contributed by atoms with Crippen molar-refractivity contribution < 1.29 is 13.2 Å². The van der Waals surface area contributed by atoms with E-state index in [9.17, 15) is 13.2 Å². The number of anilines is 1. The summed E-state index contributed by atoms with van der Waals surface area (Å²) in [7, 11) is 0.468. The van der Waals surface area contributed by atoms with Gasteiger partial charge in [0.15, 0.2) is 5.13 Å². The summed E-state index contributed by atoms with van der Waals surface area (Å²) >= 11 is 1.51. The number of hydrogen-bond donors (Lipinski definition) is 0. The van der Waals surface area contributed by atoms with Crippen molar-refractivity contribution in [2.24, 2.45) is 0 Å². The maximum atomic E-state index is 13.6. The van der Waals surface area contributed by atoms with Crippen LogP contribution < -0.4 is 4.90 Å². The van der Waals surface area contributed by atoms with Crippen molar-refractivity contribution in [3.05, 3.63) is 53.6 Å². The number of nitrogens with zero attached hydrogens (tertiary/aromatic N) is 4. The van der Waals surface area contributed by atoms with Crippen LogP contribution in [0.25, 0.3) is 10.2 Å². The maximum Gasteiger partial charge on any atom is 0.260 e. The number of halogens is 1. The number of sulfonamides is 1. The number of aryl methyl sites for hydroxylation is 1. The Morgan fingerprint density at radius 3 is 2.28 bits per heavy atom. The monoisotopic (exact) mass is 550 g/mol. The Hall–Kier alpha value is -2.04. The van der Waals surface area contributed by atoms with E-state index in [2.05, 4.69) is 4.90 Å². The van der Waals surface area contributed by atoms with Crippen molar-refractivity contribution in [3.63, 3.8) is 0 Å². The molecule has 0 N–H and O–H groups in total. The molecule has 36 heavy (non-hydrogen) atoms. The second-order valence-corrected chi connectivity index (χ2v) is 12.3. The number of amides is 1. The predicted octanol–water partition coefficient (Wildman–Crippen LogP) is 5.19. The topological polar surface area (TPSA) is 73.8 Å². The first-order valence-electron chi connectivity index (χ1n) is 12.2. The van der Waals surface area contributed by atoms with Gasteiger partial charge in [-0.2, -0.15) is 4.31 Å². The van der Waals surface area contributed by atoms with Gasteiger partial charge in [0, 0.05) is 25.2 Å². The summed E-state index contributed by atoms with van der Waals surface area (Å²) in [6.07, 6.45) is 4.70. The minimum absolute atomic E-state index is 0. The molecule has 1 saturated heterocycles. The molecular weight excluding hydrogens is 516 g/mol. The van der Waals surface area contributed by atoms with Crippen LogP contribution in [-0.2, 0) is 10.0 Å². The summed E-state index contributed by atoms with van der Waals surface area (Å²) in [5, 5.41) is 0.666. The quantitative estimate of drug-likeness (QED) is 0.386. The lowest BCUT2D eigenvalue weighted by molar-refractivity contribution is 0.0986. The molecule has 7 nitrogen and oxygen atoms in total. The van der Waals surface area contributed by atoms with E-state index in [4.69, 9.17) is 4.98 Å². The number of carbonyl (C=O) groups is 1. The average Bonchev–Trinajstić information content (AvgIpc) is 3.07. The number of rotatable bonds is 8. The maximum absolute atomic E-state index is 13.6. The van der Waals surface area contributed by atoms with Gasteiger partial charge in [-0.3, -0.25) is 9.69 Å². The molecule has 0 aliphatic carbocycles. The van der Waals surface area contributed by atoms with Gasteiger partial charge in [0.25, 0.3) is 5.91 Å². The number of benzene rings is 2. The molecule has 2 aromatic carbocycles. The largest absolute Gasteiger partial charge is 0.309 e. The summed E-state index contributed by atoms with van der Waals surface area (Å²) < 4.78 is 28.9. The highest BCUT2D eigenvalue weighted by Gasteiger charge is 2.26. The minimum Gasteiger partial charge on any atom is -0.309 e. The highest BCUT2D eigenvalue weighted by molar-refractivity contribution is 7.89. The third-order valence-electron chi connectivity index (χ3n) is 6.38. The lowest BCUT2D eigenvalue weighted by atomic mass is 10.2. The smallest absolute Gasteiger partial charge is 0.260 e. The van der Waals surface area contributed by atoms with Crippen LogP contribution in [0.2, 0.25) is 0 Å². The molecule has 196 valence electrons. The van der Waals surface area contributed by atoms with Crippen LogP contribution >= 0.6 is 23.7 Å². The molecule has 10 heteroatoms. The molecule has 1 aliphatic rings. The molecule has 0 unspecified atom stereocenters. The fourth-order valence-corrected chi connectivity index (χ4v) is 6.96. The van der Waals surface area contributed by atoms with E-state index in [1.165, 1.54) is 11.3 Å². The molecule has 1 fully saturated rings. The van der Waals surface area contributed by atoms with Crippen molar-refractivity contribution in [3.8, 4) is 0 Å². The molecule has 0 bridgehead atoms. The lowest BCUT2D eigenvalue weighted by Gasteiger charge is -2.22. The van der Waals surface area contributed by atoms with E-state index in [0.717, 1.165) is 54.4 Å². The van der Waals surface area contributed by atoms with E-state index in [-0.39, 0.29) is 23.2 Å². The highest BCUT2D eigenvalue weighted by atomic mass is 35.5. The summed E-state index contributed by atoms with van der Waals surface area (Å²) in [5.41, 5.74) is 2.45. The average molecular weight is 551 g/mol. The van der Waals surface area contributed by atoms with E-state index < -0.39 is 10.0 Å². The van der Waals surface area contributed by atoms with Gasteiger partial charge < -0.3 is 4.90 Å². The summed E-state index contributed by atoms with van der Waals surface area (Å²) in [5.74, 6) is -0.167. The molecule has 0 radical (unpaired) electrons. The molecule has 0 spiro atoms. The summed E-state index contributed by atoms with van der Waals surface area (Å²) in [6, 6.07) is 12.4. The van der Waals surface area contributed by atoms with Gasteiger partial charge in [0.2, 0.25) is 10.0 Å². The van der Waals surface area contributed by atoms with Crippen LogP contribution in [0.15, 0.2) is 47.4 Å². The number of thiazole rings is 1. The fraction of sp³-hybridized carbons (Fsp3) is 0.462. The molecule has 2 heterocycles. The first-order valence-corrected chi connectivity index (χ1v) is 14.5. The zero-order chi connectivity index (χ0) is 25.0. The van der Waals surface area contributed by atoms with Gasteiger partial charge in [0.1, 0.15) is 0 Å². The number of fused-ring (bicyclic) bond motifs is 1. The van der Waals surface area contributed by atoms with Gasteiger partial charge in [-0.1, -0.05) is 36.3 Å². The third-order valence-corrected chi connectivity index (χ3v) is 9.33. The fourth-order valence-electron chi connectivity index (χ4n) is 4.38. The Morgan fingerprint density at radius 2 is 1.67 bits per heavy atom. The van der Waals surface area contributed by atoms with Crippen LogP contribution in [0.5, 0.6) is 0 Å². The van der Waals surface area contributed by atoms with Gasteiger partial charge in [0.05, 0.1) is 15.1 Å². The third kappa shape index (κ3) is 6.44. The highest BCUT2D eigenvalue weighted by Crippen LogP contribution is 2.32. The Labute approximate surface area is 224 Å². The predicted molar refractivity (Wildman–Crippen MR) is 150 cm³/mol. The van der Waals surface area contributed by atoms with Gasteiger partial charge in [-0.15, -0.1) is 12.4 Å².